The number of anilines is 6. The van der Waals surface area contributed by atoms with Crippen LogP contribution in [0.3, 0.4) is 0 Å². The van der Waals surface area contributed by atoms with Gasteiger partial charge in [-0.1, -0.05) is 224 Å². The Balaban J connectivity index is 1.00. The molecule has 77 heavy (non-hydrogen) atoms. The second-order valence-corrected chi connectivity index (χ2v) is 27.5. The van der Waals surface area contributed by atoms with Crippen molar-refractivity contribution < 1.29 is 0 Å². The molecule has 0 N–H and O–H groups in total. The van der Waals surface area contributed by atoms with Crippen molar-refractivity contribution in [3.8, 4) is 5.69 Å². The lowest BCUT2D eigenvalue weighted by molar-refractivity contribution is 1.18. The number of nitrogens with zero attached hydrogens (tertiary/aromatic N) is 3. The molecular formula is C72H53N3Si2. The molecule has 3 nitrogen and oxygen atoms in total. The van der Waals surface area contributed by atoms with E-state index < -0.39 is 16.1 Å². The van der Waals surface area contributed by atoms with Crippen molar-refractivity contribution in [2.45, 2.75) is 0 Å². The van der Waals surface area contributed by atoms with Crippen LogP contribution in [0.15, 0.2) is 322 Å². The van der Waals surface area contributed by atoms with E-state index in [1.165, 1.54) is 52.3 Å². The fourth-order valence-corrected chi connectivity index (χ4v) is 24.9. The normalized spacial score (nSPS) is 13.1. The molecule has 0 spiro atoms. The maximum absolute atomic E-state index is 3.00. The van der Waals surface area contributed by atoms with E-state index in [2.05, 4.69) is 336 Å². The molecule has 5 heteroatoms. The summed E-state index contributed by atoms with van der Waals surface area (Å²) in [7, 11) is -5.84. The maximum Gasteiger partial charge on any atom is 0.179 e. The smallest absolute Gasteiger partial charge is 0.179 e. The summed E-state index contributed by atoms with van der Waals surface area (Å²) in [6, 6.07) is 120. The monoisotopic (exact) mass is 1020 g/mol. The Morgan fingerprint density at radius 1 is 0.221 bits per heavy atom. The molecule has 1 aromatic heterocycles. The summed E-state index contributed by atoms with van der Waals surface area (Å²) < 4.78 is 2.48. The van der Waals surface area contributed by atoms with Crippen molar-refractivity contribution in [3.05, 3.63) is 322 Å². The van der Waals surface area contributed by atoms with E-state index in [-0.39, 0.29) is 0 Å². The second-order valence-electron chi connectivity index (χ2n) is 20.0. The molecule has 0 bridgehead atoms. The first-order chi connectivity index (χ1) is 38.2. The minimum absolute atomic E-state index is 1.09. The molecule has 0 unspecified atom stereocenters. The third kappa shape index (κ3) is 7.46. The maximum atomic E-state index is 2.48. The van der Waals surface area contributed by atoms with E-state index >= 15 is 0 Å². The zero-order chi connectivity index (χ0) is 51.2. The standard InChI is InChI=1S/C72H53N3Si2/c1-8-26-54(27-9-1)73(55-28-10-2-11-29-55)59-46-50-67-65(52-59)66-53-60(74(56-30-12-3-13-31-56)57-32-14-4-15-33-57)47-51-68(66)75(67)58-44-48-64(49-45-58)77(63-38-20-7-21-39-63)71-42-24-22-40-69(71)76(61-34-16-5-17-35-61,62-36-18-6-19-37-62)70-41-23-25-43-72(70)77/h1-53H. The first-order valence-electron chi connectivity index (χ1n) is 26.6. The van der Waals surface area contributed by atoms with E-state index in [1.54, 1.807) is 0 Å². The molecule has 2 heterocycles. The summed E-state index contributed by atoms with van der Waals surface area (Å²) >= 11 is 0. The van der Waals surface area contributed by atoms with E-state index in [0.29, 0.717) is 0 Å². The summed E-state index contributed by atoms with van der Waals surface area (Å²) in [6.45, 7) is 0. The first kappa shape index (κ1) is 46.0. The number of aromatic nitrogens is 1. The van der Waals surface area contributed by atoms with Crippen LogP contribution in [-0.4, -0.2) is 20.7 Å². The Bertz CT molecular complexity index is 3880. The van der Waals surface area contributed by atoms with Crippen LogP contribution in [0.5, 0.6) is 0 Å². The van der Waals surface area contributed by atoms with Crippen LogP contribution in [0.25, 0.3) is 27.5 Å². The van der Waals surface area contributed by atoms with E-state index in [1.807, 2.05) is 0 Å². The number of hydrogen-bond acceptors (Lipinski definition) is 2. The summed E-state index contributed by atoms with van der Waals surface area (Å²) in [4.78, 5) is 4.73. The molecule has 364 valence electrons. The van der Waals surface area contributed by atoms with Gasteiger partial charge in [-0.25, -0.2) is 0 Å². The Hall–Kier alpha value is -9.53. The van der Waals surface area contributed by atoms with Gasteiger partial charge in [0.25, 0.3) is 0 Å². The van der Waals surface area contributed by atoms with Crippen molar-refractivity contribution in [3.63, 3.8) is 0 Å². The van der Waals surface area contributed by atoms with Gasteiger partial charge in [-0.3, -0.25) is 0 Å². The van der Waals surface area contributed by atoms with Crippen LogP contribution >= 0.6 is 0 Å². The third-order valence-electron chi connectivity index (χ3n) is 16.0. The molecule has 1 aliphatic heterocycles. The van der Waals surface area contributed by atoms with Gasteiger partial charge in [0.2, 0.25) is 0 Å². The summed E-state index contributed by atoms with van der Waals surface area (Å²) in [5.41, 5.74) is 10.0. The summed E-state index contributed by atoms with van der Waals surface area (Å²) in [5.74, 6) is 0. The van der Waals surface area contributed by atoms with Crippen molar-refractivity contribution in [2.75, 3.05) is 9.80 Å². The fourth-order valence-electron chi connectivity index (χ4n) is 12.8. The van der Waals surface area contributed by atoms with Crippen molar-refractivity contribution in [1.29, 1.82) is 0 Å². The SMILES string of the molecule is c1ccc(N(c2ccccc2)c2ccc3c(c2)c2cc(N(c4ccccc4)c4ccccc4)ccc2n3-c2ccc([Si]3(c4ccccc4)c4ccccc4[Si](c4ccccc4)(c4ccccc4)c4ccccc43)cc2)cc1. The molecule has 0 fully saturated rings. The topological polar surface area (TPSA) is 11.4 Å². The Labute approximate surface area is 452 Å². The van der Waals surface area contributed by atoms with Gasteiger partial charge >= 0.3 is 0 Å². The molecule has 13 aromatic rings. The van der Waals surface area contributed by atoms with E-state index in [0.717, 1.165) is 50.8 Å². The van der Waals surface area contributed by atoms with Crippen LogP contribution in [-0.2, 0) is 0 Å². The highest BCUT2D eigenvalue weighted by molar-refractivity contribution is 7.32. The van der Waals surface area contributed by atoms with Gasteiger partial charge in [-0.15, -0.1) is 0 Å². The minimum Gasteiger partial charge on any atom is -0.310 e. The average Bonchev–Trinajstić information content (AvgIpc) is 4.02. The van der Waals surface area contributed by atoms with Gasteiger partial charge in [0.1, 0.15) is 0 Å². The van der Waals surface area contributed by atoms with Crippen LogP contribution in [0.4, 0.5) is 34.1 Å². The molecular weight excluding hydrogens is 963 g/mol. The van der Waals surface area contributed by atoms with Crippen molar-refractivity contribution in [2.24, 2.45) is 0 Å². The molecule has 0 radical (unpaired) electrons. The molecule has 0 saturated heterocycles. The highest BCUT2D eigenvalue weighted by Crippen LogP contribution is 2.42. The predicted octanol–water partition coefficient (Wildman–Crippen LogP) is 12.8. The first-order valence-corrected chi connectivity index (χ1v) is 30.6. The lowest BCUT2D eigenvalue weighted by atomic mass is 10.1. The Kier molecular flexibility index (Phi) is 11.5. The van der Waals surface area contributed by atoms with Crippen molar-refractivity contribution in [1.82, 2.24) is 4.57 Å². The van der Waals surface area contributed by atoms with Gasteiger partial charge in [0, 0.05) is 50.6 Å². The predicted molar refractivity (Wildman–Crippen MR) is 331 cm³/mol. The van der Waals surface area contributed by atoms with Gasteiger partial charge in [0.15, 0.2) is 16.1 Å². The number of hydrogen-bond donors (Lipinski definition) is 0. The molecule has 0 amide bonds. The Morgan fingerprint density at radius 2 is 0.481 bits per heavy atom. The summed E-state index contributed by atoms with van der Waals surface area (Å²) in [6.07, 6.45) is 0. The van der Waals surface area contributed by atoms with Crippen LogP contribution < -0.4 is 51.3 Å². The van der Waals surface area contributed by atoms with Gasteiger partial charge in [-0.05, 0) is 139 Å². The van der Waals surface area contributed by atoms with Gasteiger partial charge in [0.05, 0.1) is 11.0 Å². The van der Waals surface area contributed by atoms with Crippen LogP contribution in [0, 0.1) is 0 Å². The quantitative estimate of drug-likeness (QED) is 0.120. The van der Waals surface area contributed by atoms with Gasteiger partial charge < -0.3 is 14.4 Å². The molecule has 12 aromatic carbocycles. The highest BCUT2D eigenvalue weighted by Gasteiger charge is 2.56. The summed E-state index contributed by atoms with van der Waals surface area (Å²) in [5, 5.41) is 13.8. The second kappa shape index (κ2) is 19.3. The highest BCUT2D eigenvalue weighted by atomic mass is 28.3. The number of para-hydroxylation sites is 4. The number of benzene rings is 12. The molecule has 0 saturated carbocycles. The number of fused-ring (bicyclic) bond motifs is 5. The largest absolute Gasteiger partial charge is 0.310 e. The Morgan fingerprint density at radius 3 is 0.779 bits per heavy atom. The molecule has 1 aliphatic rings. The molecule has 14 rings (SSSR count). The van der Waals surface area contributed by atoms with E-state index in [9.17, 15) is 0 Å². The lowest BCUT2D eigenvalue weighted by Crippen LogP contribution is -2.93. The molecule has 0 aliphatic carbocycles. The number of rotatable bonds is 11. The zero-order valence-electron chi connectivity index (χ0n) is 42.4. The zero-order valence-corrected chi connectivity index (χ0v) is 44.4. The minimum atomic E-state index is -3.00. The molecule has 0 atom stereocenters. The fraction of sp³-hybridized carbons (Fsp3) is 0. The van der Waals surface area contributed by atoms with Crippen LogP contribution in [0.1, 0.15) is 0 Å². The average molecular weight is 1020 g/mol. The third-order valence-corrected chi connectivity index (χ3v) is 26.2. The van der Waals surface area contributed by atoms with Crippen molar-refractivity contribution >= 4 is 114 Å². The lowest BCUT2D eigenvalue weighted by Gasteiger charge is -2.48. The van der Waals surface area contributed by atoms with Gasteiger partial charge in [-0.2, -0.15) is 0 Å². The van der Waals surface area contributed by atoms with Crippen LogP contribution in [0.2, 0.25) is 0 Å². The van der Waals surface area contributed by atoms with E-state index in [4.69, 9.17) is 0 Å².